The molecule has 4 nitrogen and oxygen atoms in total. The zero-order valence-corrected chi connectivity index (χ0v) is 22.1. The summed E-state index contributed by atoms with van der Waals surface area (Å²) in [6.45, 7) is 4.16. The number of anilines is 2. The Morgan fingerprint density at radius 1 is 0.700 bits per heavy atom. The molecule has 0 aliphatic heterocycles. The van der Waals surface area contributed by atoms with Crippen molar-refractivity contribution in [3.05, 3.63) is 140 Å². The maximum absolute atomic E-state index is 5.02. The van der Waals surface area contributed by atoms with E-state index in [0.717, 1.165) is 41.0 Å². The van der Waals surface area contributed by atoms with Crippen LogP contribution < -0.4 is 4.90 Å². The van der Waals surface area contributed by atoms with Gasteiger partial charge in [0.25, 0.3) is 0 Å². The van der Waals surface area contributed by atoms with Crippen LogP contribution in [0.4, 0.5) is 11.6 Å². The Balaban J connectivity index is 1.40. The topological polar surface area (TPSA) is 34.0 Å². The van der Waals surface area contributed by atoms with Crippen LogP contribution in [0.15, 0.2) is 140 Å². The number of fused-ring (bicyclic) bond motifs is 3. The van der Waals surface area contributed by atoms with Crippen molar-refractivity contribution in [2.45, 2.75) is 12.8 Å². The average Bonchev–Trinajstić information content (AvgIpc) is 3.36. The molecule has 192 valence electrons. The minimum Gasteiger partial charge on any atom is -0.313 e. The number of para-hydroxylation sites is 1. The highest BCUT2D eigenvalue weighted by Gasteiger charge is 2.18. The number of allylic oxidation sites excluding steroid dienone is 4. The first-order valence-corrected chi connectivity index (χ1v) is 13.6. The number of rotatable bonds is 6. The third kappa shape index (κ3) is 4.20. The molecule has 6 aromatic rings. The molecule has 0 bridgehead atoms. The third-order valence-corrected chi connectivity index (χ3v) is 7.46. The summed E-state index contributed by atoms with van der Waals surface area (Å²) in [4.78, 5) is 12.0. The predicted octanol–water partition coefficient (Wildman–Crippen LogP) is 9.39. The minimum atomic E-state index is 0.582. The van der Waals surface area contributed by atoms with E-state index in [4.69, 9.17) is 9.97 Å². The molecule has 0 spiro atoms. The van der Waals surface area contributed by atoms with Crippen molar-refractivity contribution in [2.75, 3.05) is 4.90 Å². The number of benzene rings is 4. The van der Waals surface area contributed by atoms with Crippen LogP contribution in [0.2, 0.25) is 0 Å². The molecule has 2 heterocycles. The summed E-state index contributed by atoms with van der Waals surface area (Å²) in [6.07, 6.45) is 10.5. The van der Waals surface area contributed by atoms with Crippen LogP contribution in [-0.4, -0.2) is 14.5 Å². The second-order valence-electron chi connectivity index (χ2n) is 9.90. The van der Waals surface area contributed by atoms with Crippen molar-refractivity contribution in [3.63, 3.8) is 0 Å². The highest BCUT2D eigenvalue weighted by molar-refractivity contribution is 6.11. The van der Waals surface area contributed by atoms with Gasteiger partial charge in [-0.25, -0.2) is 9.97 Å². The summed E-state index contributed by atoms with van der Waals surface area (Å²) in [5, 5.41) is 2.42. The first kappa shape index (κ1) is 23.9. The van der Waals surface area contributed by atoms with Gasteiger partial charge in [-0.2, -0.15) is 0 Å². The van der Waals surface area contributed by atoms with Crippen molar-refractivity contribution in [1.82, 2.24) is 14.5 Å². The summed E-state index contributed by atoms with van der Waals surface area (Å²) in [5.74, 6) is 0.582. The van der Waals surface area contributed by atoms with Crippen LogP contribution in [0.5, 0.6) is 0 Å². The van der Waals surface area contributed by atoms with Gasteiger partial charge < -0.3 is 4.57 Å². The minimum absolute atomic E-state index is 0.582. The van der Waals surface area contributed by atoms with E-state index < -0.39 is 0 Å². The van der Waals surface area contributed by atoms with Gasteiger partial charge in [0.05, 0.1) is 22.4 Å². The second kappa shape index (κ2) is 10.2. The lowest BCUT2D eigenvalue weighted by Crippen LogP contribution is -2.12. The fourth-order valence-corrected chi connectivity index (χ4v) is 5.55. The van der Waals surface area contributed by atoms with E-state index in [0.29, 0.717) is 5.95 Å². The normalized spacial score (nSPS) is 12.9. The predicted molar refractivity (Wildman–Crippen MR) is 167 cm³/mol. The molecule has 40 heavy (non-hydrogen) atoms. The van der Waals surface area contributed by atoms with Gasteiger partial charge in [0.1, 0.15) is 0 Å². The number of hydrogen-bond donors (Lipinski definition) is 0. The molecular weight excluding hydrogens is 488 g/mol. The third-order valence-electron chi connectivity index (χ3n) is 7.46. The Labute approximate surface area is 233 Å². The van der Waals surface area contributed by atoms with Gasteiger partial charge in [0.2, 0.25) is 5.95 Å². The molecule has 0 fully saturated rings. The Morgan fingerprint density at radius 3 is 2.00 bits per heavy atom. The van der Waals surface area contributed by atoms with Crippen molar-refractivity contribution in [3.8, 4) is 22.5 Å². The lowest BCUT2D eigenvalue weighted by Gasteiger charge is -2.20. The van der Waals surface area contributed by atoms with Gasteiger partial charge in [-0.05, 0) is 49.2 Å². The molecule has 1 aliphatic rings. The smallest absolute Gasteiger partial charge is 0.235 e. The van der Waals surface area contributed by atoms with Crippen LogP contribution in [0, 0.1) is 0 Å². The summed E-state index contributed by atoms with van der Waals surface area (Å²) in [6, 6.07) is 37.8. The molecule has 0 unspecified atom stereocenters. The maximum atomic E-state index is 5.02. The molecule has 1 aliphatic carbocycles. The highest BCUT2D eigenvalue weighted by atomic mass is 15.2. The maximum Gasteiger partial charge on any atom is 0.235 e. The first-order chi connectivity index (χ1) is 19.8. The Morgan fingerprint density at radius 2 is 1.35 bits per heavy atom. The number of aromatic nitrogens is 3. The van der Waals surface area contributed by atoms with Gasteiger partial charge in [0.15, 0.2) is 0 Å². The molecule has 0 saturated carbocycles. The Kier molecular flexibility index (Phi) is 6.06. The van der Waals surface area contributed by atoms with Crippen molar-refractivity contribution in [1.29, 1.82) is 0 Å². The first-order valence-electron chi connectivity index (χ1n) is 13.6. The van der Waals surface area contributed by atoms with E-state index in [1.54, 1.807) is 6.20 Å². The largest absolute Gasteiger partial charge is 0.313 e. The quantitative estimate of drug-likeness (QED) is 0.221. The fraction of sp³-hybridized carbons (Fsp3) is 0.0556. The van der Waals surface area contributed by atoms with Crippen LogP contribution in [-0.2, 0) is 0 Å². The molecule has 7 rings (SSSR count). The number of hydrogen-bond acceptors (Lipinski definition) is 3. The molecule has 4 aromatic carbocycles. The molecule has 0 amide bonds. The van der Waals surface area contributed by atoms with Gasteiger partial charge in [-0.15, -0.1) is 0 Å². The molecule has 0 saturated heterocycles. The molecule has 2 aromatic heterocycles. The second-order valence-corrected chi connectivity index (χ2v) is 9.90. The van der Waals surface area contributed by atoms with Gasteiger partial charge in [-0.3, -0.25) is 4.90 Å². The standard InChI is InChI=1S/C36H28N4/c1-2-39(36-37-32(26-14-6-3-7-15-26)25-33(38-36)27-16-8-4-9-17-27)29-22-23-35-31(24-29)30-20-12-13-21-34(30)40(35)28-18-10-5-11-19-28/h2-10,12-18,20-25H,1,11,19H2. The zero-order chi connectivity index (χ0) is 26.9. The summed E-state index contributed by atoms with van der Waals surface area (Å²) >= 11 is 0. The Hall–Kier alpha value is -5.22. The molecule has 4 heteroatoms. The highest BCUT2D eigenvalue weighted by Crippen LogP contribution is 2.37. The molecule has 0 radical (unpaired) electrons. The van der Waals surface area contributed by atoms with E-state index in [-0.39, 0.29) is 0 Å². The van der Waals surface area contributed by atoms with Crippen LogP contribution in [0.3, 0.4) is 0 Å². The van der Waals surface area contributed by atoms with Gasteiger partial charge >= 0.3 is 0 Å². The molecule has 0 atom stereocenters. The lowest BCUT2D eigenvalue weighted by atomic mass is 10.1. The Bertz CT molecular complexity index is 1860. The van der Waals surface area contributed by atoms with Crippen LogP contribution in [0.25, 0.3) is 50.0 Å². The molecular formula is C36H28N4. The summed E-state index contributed by atoms with van der Waals surface area (Å²) in [7, 11) is 0. The van der Waals surface area contributed by atoms with Crippen LogP contribution in [0.1, 0.15) is 12.8 Å². The van der Waals surface area contributed by atoms with Crippen molar-refractivity contribution >= 4 is 39.1 Å². The van der Waals surface area contributed by atoms with Crippen LogP contribution >= 0.6 is 0 Å². The van der Waals surface area contributed by atoms with E-state index in [2.05, 4.69) is 102 Å². The lowest BCUT2D eigenvalue weighted by molar-refractivity contribution is 0.979. The molecule has 0 N–H and O–H groups in total. The van der Waals surface area contributed by atoms with E-state index in [9.17, 15) is 0 Å². The van der Waals surface area contributed by atoms with Gasteiger partial charge in [0, 0.05) is 39.5 Å². The van der Waals surface area contributed by atoms with E-state index in [1.807, 2.05) is 41.3 Å². The number of nitrogens with zero attached hydrogens (tertiary/aromatic N) is 4. The monoisotopic (exact) mass is 516 g/mol. The summed E-state index contributed by atoms with van der Waals surface area (Å²) < 4.78 is 2.40. The van der Waals surface area contributed by atoms with E-state index >= 15 is 0 Å². The summed E-state index contributed by atoms with van der Waals surface area (Å²) in [5.41, 5.74) is 8.51. The zero-order valence-electron chi connectivity index (χ0n) is 22.1. The van der Waals surface area contributed by atoms with E-state index in [1.165, 1.54) is 27.5 Å². The fourth-order valence-electron chi connectivity index (χ4n) is 5.55. The SMILES string of the molecule is C=CN(c1ccc2c(c1)c1ccccc1n2C1=CC=CCC1)c1nc(-c2ccccc2)cc(-c2ccccc2)n1. The average molecular weight is 517 g/mol. The van der Waals surface area contributed by atoms with Gasteiger partial charge in [-0.1, -0.05) is 97.6 Å². The van der Waals surface area contributed by atoms with Crippen molar-refractivity contribution < 1.29 is 0 Å². The van der Waals surface area contributed by atoms with Crippen molar-refractivity contribution in [2.24, 2.45) is 0 Å².